The van der Waals surface area contributed by atoms with E-state index in [1.54, 1.807) is 0 Å². The summed E-state index contributed by atoms with van der Waals surface area (Å²) in [4.78, 5) is 0. The van der Waals surface area contributed by atoms with E-state index >= 15 is 0 Å². The van der Waals surface area contributed by atoms with Crippen molar-refractivity contribution in [2.45, 2.75) is 20.8 Å². The van der Waals surface area contributed by atoms with Crippen LogP contribution < -0.4 is 10.7 Å². The van der Waals surface area contributed by atoms with Gasteiger partial charge >= 0.3 is 5.67 Å². The quantitative estimate of drug-likeness (QED) is 0.850. The molecule has 2 aromatic rings. The van der Waals surface area contributed by atoms with E-state index in [-0.39, 0.29) is 5.67 Å². The fraction of sp³-hybridized carbons (Fsp3) is 0.200. The third kappa shape index (κ3) is 2.96. The molecule has 18 heavy (non-hydrogen) atoms. The minimum atomic E-state index is 0.138. The van der Waals surface area contributed by atoms with E-state index in [4.69, 9.17) is 0 Å². The van der Waals surface area contributed by atoms with Gasteiger partial charge < -0.3 is 5.23 Å². The number of rotatable bonds is 3. The third-order valence-corrected chi connectivity index (χ3v) is 3.80. The summed E-state index contributed by atoms with van der Waals surface area (Å²) in [5.74, 6) is 0. The summed E-state index contributed by atoms with van der Waals surface area (Å²) in [5, 5.41) is 3.54. The van der Waals surface area contributed by atoms with Gasteiger partial charge in [-0.25, -0.2) is 0 Å². The molecule has 0 fully saturated rings. The Morgan fingerprint density at radius 2 is 1.50 bits per heavy atom. The van der Waals surface area contributed by atoms with Gasteiger partial charge in [-0.2, -0.15) is 0 Å². The number of halogens is 1. The minimum Gasteiger partial charge on any atom is -0.414 e. The Morgan fingerprint density at radius 1 is 0.944 bits per heavy atom. The van der Waals surface area contributed by atoms with Gasteiger partial charge in [0.25, 0.3) is 0 Å². The molecule has 0 spiro atoms. The molecule has 0 bridgehead atoms. The maximum Gasteiger partial charge on any atom is 0.364 e. The van der Waals surface area contributed by atoms with Crippen LogP contribution in [0.25, 0.3) is 0 Å². The zero-order valence-corrected chi connectivity index (χ0v) is 12.6. The maximum absolute atomic E-state index is 3.70. The molecule has 0 unspecified atom stereocenters. The van der Waals surface area contributed by atoms with Crippen LogP contribution in [0.15, 0.2) is 42.5 Å². The zero-order chi connectivity index (χ0) is 13.1. The van der Waals surface area contributed by atoms with Gasteiger partial charge in [0.05, 0.1) is 0 Å². The molecule has 0 amide bonds. The van der Waals surface area contributed by atoms with Crippen LogP contribution in [0.1, 0.15) is 16.7 Å². The molecule has 0 saturated carbocycles. The van der Waals surface area contributed by atoms with Crippen molar-refractivity contribution in [3.8, 4) is 0 Å². The Balaban J connectivity index is 2.25. The third-order valence-electron chi connectivity index (χ3n) is 3.04. The largest absolute Gasteiger partial charge is 0.414 e. The van der Waals surface area contributed by atoms with E-state index in [1.165, 1.54) is 27.8 Å². The summed E-state index contributed by atoms with van der Waals surface area (Å²) in [6.45, 7) is 6.42. The Bertz CT molecular complexity index is 516. The van der Waals surface area contributed by atoms with Gasteiger partial charge in [0.2, 0.25) is 0 Å². The standard InChI is InChI=1S/C15H17BBrN/c1-11-9-12(2)15(13(3)10-11)18-16(17)14-7-5-4-6-8-14/h4-10,18H,1-3H3. The molecule has 2 aromatic carbocycles. The molecular weight excluding hydrogens is 285 g/mol. The van der Waals surface area contributed by atoms with Crippen LogP contribution in [0.2, 0.25) is 0 Å². The van der Waals surface area contributed by atoms with Crippen molar-refractivity contribution >= 4 is 32.6 Å². The lowest BCUT2D eigenvalue weighted by atomic mass is 9.81. The zero-order valence-electron chi connectivity index (χ0n) is 11.0. The highest BCUT2D eigenvalue weighted by atomic mass is 79.9. The van der Waals surface area contributed by atoms with Crippen LogP contribution in [-0.4, -0.2) is 5.67 Å². The molecule has 3 heteroatoms. The van der Waals surface area contributed by atoms with Gasteiger partial charge in [0.15, 0.2) is 0 Å². The van der Waals surface area contributed by atoms with Gasteiger partial charge in [-0.1, -0.05) is 48.0 Å². The van der Waals surface area contributed by atoms with E-state index in [9.17, 15) is 0 Å². The molecule has 0 aliphatic heterocycles. The molecule has 0 aromatic heterocycles. The molecule has 0 heterocycles. The highest BCUT2D eigenvalue weighted by molar-refractivity contribution is 9.25. The number of hydrogen-bond acceptors (Lipinski definition) is 1. The summed E-state index contributed by atoms with van der Waals surface area (Å²) >= 11 is 3.70. The Labute approximate surface area is 118 Å². The molecule has 0 aliphatic rings. The monoisotopic (exact) mass is 301 g/mol. The first-order chi connectivity index (χ1) is 8.58. The van der Waals surface area contributed by atoms with Crippen molar-refractivity contribution in [1.82, 2.24) is 0 Å². The van der Waals surface area contributed by atoms with Crippen LogP contribution in [0.4, 0.5) is 5.69 Å². The van der Waals surface area contributed by atoms with E-state index in [1.807, 2.05) is 6.07 Å². The van der Waals surface area contributed by atoms with E-state index in [2.05, 4.69) is 78.2 Å². The van der Waals surface area contributed by atoms with E-state index in [0.717, 1.165) is 0 Å². The van der Waals surface area contributed by atoms with Crippen molar-refractivity contribution in [3.63, 3.8) is 0 Å². The van der Waals surface area contributed by atoms with Crippen molar-refractivity contribution < 1.29 is 0 Å². The number of aryl methyl sites for hydroxylation is 3. The smallest absolute Gasteiger partial charge is 0.364 e. The molecule has 0 aliphatic carbocycles. The lowest BCUT2D eigenvalue weighted by molar-refractivity contribution is 1.32. The predicted molar refractivity (Wildman–Crippen MR) is 85.0 cm³/mol. The Kier molecular flexibility index (Phi) is 4.13. The minimum absolute atomic E-state index is 0.138. The molecule has 0 radical (unpaired) electrons. The fourth-order valence-electron chi connectivity index (χ4n) is 2.24. The van der Waals surface area contributed by atoms with Crippen molar-refractivity contribution in [2.24, 2.45) is 0 Å². The van der Waals surface area contributed by atoms with E-state index in [0.29, 0.717) is 0 Å². The van der Waals surface area contributed by atoms with Crippen LogP contribution in [-0.2, 0) is 0 Å². The van der Waals surface area contributed by atoms with Gasteiger partial charge in [-0.15, -0.1) is 15.8 Å². The van der Waals surface area contributed by atoms with Gasteiger partial charge in [-0.05, 0) is 37.4 Å². The number of hydrogen-bond donors (Lipinski definition) is 1. The van der Waals surface area contributed by atoms with Crippen molar-refractivity contribution in [2.75, 3.05) is 5.23 Å². The lowest BCUT2D eigenvalue weighted by Crippen LogP contribution is -2.32. The van der Waals surface area contributed by atoms with Crippen LogP contribution in [0.5, 0.6) is 0 Å². The molecule has 92 valence electrons. The number of nitrogens with one attached hydrogen (secondary N) is 1. The van der Waals surface area contributed by atoms with Crippen molar-refractivity contribution in [1.29, 1.82) is 0 Å². The van der Waals surface area contributed by atoms with Gasteiger partial charge in [-0.3, -0.25) is 0 Å². The summed E-state index contributed by atoms with van der Waals surface area (Å²) < 4.78 is 0. The fourth-order valence-corrected chi connectivity index (χ4v) is 2.77. The van der Waals surface area contributed by atoms with Crippen LogP contribution in [0, 0.1) is 20.8 Å². The van der Waals surface area contributed by atoms with Crippen LogP contribution >= 0.6 is 15.8 Å². The second-order valence-electron chi connectivity index (χ2n) is 4.69. The molecule has 0 atom stereocenters. The Hall–Kier alpha value is -1.22. The normalized spacial score (nSPS) is 10.2. The summed E-state index contributed by atoms with van der Waals surface area (Å²) in [5.41, 5.74) is 6.46. The van der Waals surface area contributed by atoms with Crippen molar-refractivity contribution in [3.05, 3.63) is 59.2 Å². The predicted octanol–water partition coefficient (Wildman–Crippen LogP) is 3.81. The van der Waals surface area contributed by atoms with Crippen LogP contribution in [0.3, 0.4) is 0 Å². The number of anilines is 1. The first kappa shape index (κ1) is 13.2. The second-order valence-corrected chi connectivity index (χ2v) is 5.61. The summed E-state index contributed by atoms with van der Waals surface area (Å²) in [6.07, 6.45) is 0. The highest BCUT2D eigenvalue weighted by Crippen LogP contribution is 2.22. The van der Waals surface area contributed by atoms with E-state index < -0.39 is 0 Å². The first-order valence-electron chi connectivity index (χ1n) is 6.11. The highest BCUT2D eigenvalue weighted by Gasteiger charge is 2.15. The SMILES string of the molecule is Cc1cc(C)c(NB(Br)c2ccccc2)c(C)c1. The molecular formula is C15H17BBrN. The summed E-state index contributed by atoms with van der Waals surface area (Å²) in [6, 6.07) is 14.8. The molecule has 1 nitrogen and oxygen atoms in total. The second kappa shape index (κ2) is 5.62. The first-order valence-corrected chi connectivity index (χ1v) is 7.03. The number of benzene rings is 2. The molecule has 2 rings (SSSR count). The topological polar surface area (TPSA) is 12.0 Å². The average Bonchev–Trinajstić information content (AvgIpc) is 2.34. The van der Waals surface area contributed by atoms with Gasteiger partial charge in [0, 0.05) is 5.69 Å². The average molecular weight is 302 g/mol. The Morgan fingerprint density at radius 3 is 2.06 bits per heavy atom. The van der Waals surface area contributed by atoms with Gasteiger partial charge in [0.1, 0.15) is 0 Å². The molecule has 0 saturated heterocycles. The summed E-state index contributed by atoms with van der Waals surface area (Å²) in [7, 11) is 0. The molecule has 1 N–H and O–H groups in total. The lowest BCUT2D eigenvalue weighted by Gasteiger charge is -2.16. The maximum atomic E-state index is 3.70.